The highest BCUT2D eigenvalue weighted by Crippen LogP contribution is 2.24. The van der Waals surface area contributed by atoms with Crippen LogP contribution in [0.5, 0.6) is 0 Å². The standard InChI is InChI=1S/C20H23N5OS/c1-13-11-14(2)25-19(21-13)23-20(24-25)27-12-15-7-3-6-10-17(15)18(26)22-16-8-4-5-9-16/h3,6-7,10-11,16H,4-5,8-9,12H2,1-2H3,(H,22,26). The normalized spacial score (nSPS) is 14.7. The maximum Gasteiger partial charge on any atom is 0.253 e. The second kappa shape index (κ2) is 7.68. The van der Waals surface area contributed by atoms with Crippen LogP contribution in [-0.2, 0) is 5.75 Å². The van der Waals surface area contributed by atoms with Crippen LogP contribution in [0.1, 0.15) is 53.0 Å². The lowest BCUT2D eigenvalue weighted by molar-refractivity contribution is 0.0937. The molecule has 2 aromatic heterocycles. The quantitative estimate of drug-likeness (QED) is 0.682. The van der Waals surface area contributed by atoms with Crippen LogP contribution in [0.4, 0.5) is 0 Å². The Morgan fingerprint density at radius 1 is 1.22 bits per heavy atom. The molecule has 0 aliphatic heterocycles. The minimum atomic E-state index is 0.0224. The van der Waals surface area contributed by atoms with Crippen molar-refractivity contribution in [3.63, 3.8) is 0 Å². The number of nitrogens with zero attached hydrogens (tertiary/aromatic N) is 4. The molecule has 7 heteroatoms. The van der Waals surface area contributed by atoms with Gasteiger partial charge >= 0.3 is 0 Å². The van der Waals surface area contributed by atoms with Crippen LogP contribution < -0.4 is 5.32 Å². The molecule has 0 bridgehead atoms. The zero-order chi connectivity index (χ0) is 18.8. The summed E-state index contributed by atoms with van der Waals surface area (Å²) >= 11 is 1.53. The lowest BCUT2D eigenvalue weighted by Crippen LogP contribution is -2.33. The van der Waals surface area contributed by atoms with E-state index in [-0.39, 0.29) is 5.91 Å². The molecule has 0 atom stereocenters. The monoisotopic (exact) mass is 381 g/mol. The first-order valence-corrected chi connectivity index (χ1v) is 10.3. The number of carbonyl (C=O) groups excluding carboxylic acids is 1. The topological polar surface area (TPSA) is 72.2 Å². The third kappa shape index (κ3) is 3.98. The summed E-state index contributed by atoms with van der Waals surface area (Å²) < 4.78 is 1.76. The number of rotatable bonds is 5. The van der Waals surface area contributed by atoms with Crippen LogP contribution >= 0.6 is 11.8 Å². The Hall–Kier alpha value is -2.41. The summed E-state index contributed by atoms with van der Waals surface area (Å²) in [5.74, 6) is 1.28. The van der Waals surface area contributed by atoms with E-state index in [0.717, 1.165) is 35.4 Å². The number of hydrogen-bond donors (Lipinski definition) is 1. The molecule has 1 aromatic carbocycles. The molecule has 4 rings (SSSR count). The highest BCUT2D eigenvalue weighted by atomic mass is 32.2. The zero-order valence-electron chi connectivity index (χ0n) is 15.6. The smallest absolute Gasteiger partial charge is 0.253 e. The molecule has 6 nitrogen and oxygen atoms in total. The third-order valence-electron chi connectivity index (χ3n) is 4.91. The number of fused-ring (bicyclic) bond motifs is 1. The first-order valence-electron chi connectivity index (χ1n) is 9.33. The van der Waals surface area contributed by atoms with E-state index in [1.807, 2.05) is 44.2 Å². The van der Waals surface area contributed by atoms with Crippen molar-refractivity contribution in [3.05, 3.63) is 52.8 Å². The van der Waals surface area contributed by atoms with Crippen molar-refractivity contribution in [2.45, 2.75) is 56.5 Å². The van der Waals surface area contributed by atoms with Crippen molar-refractivity contribution in [2.75, 3.05) is 0 Å². The summed E-state index contributed by atoms with van der Waals surface area (Å²) in [6.45, 7) is 3.95. The molecule has 0 spiro atoms. The highest BCUT2D eigenvalue weighted by molar-refractivity contribution is 7.98. The molecule has 1 aliphatic rings. The number of thioether (sulfide) groups is 1. The Balaban J connectivity index is 1.50. The predicted octanol–water partition coefficient (Wildman–Crippen LogP) is 3.71. The minimum Gasteiger partial charge on any atom is -0.349 e. The van der Waals surface area contributed by atoms with Gasteiger partial charge in [0.25, 0.3) is 11.7 Å². The van der Waals surface area contributed by atoms with Crippen LogP contribution in [-0.4, -0.2) is 31.5 Å². The Morgan fingerprint density at radius 3 is 2.81 bits per heavy atom. The van der Waals surface area contributed by atoms with Gasteiger partial charge in [0.05, 0.1) is 0 Å². The molecule has 0 unspecified atom stereocenters. The number of benzene rings is 1. The Labute approximate surface area is 162 Å². The molecule has 1 saturated carbocycles. The molecule has 1 amide bonds. The molecule has 0 saturated heterocycles. The summed E-state index contributed by atoms with van der Waals surface area (Å²) in [6.07, 6.45) is 4.57. The number of carbonyl (C=O) groups is 1. The van der Waals surface area contributed by atoms with Crippen LogP contribution in [0.15, 0.2) is 35.5 Å². The van der Waals surface area contributed by atoms with Gasteiger partial charge in [-0.05, 0) is 44.4 Å². The largest absolute Gasteiger partial charge is 0.349 e. The van der Waals surface area contributed by atoms with Crippen molar-refractivity contribution >= 4 is 23.4 Å². The maximum atomic E-state index is 12.7. The molecule has 1 aliphatic carbocycles. The fourth-order valence-electron chi connectivity index (χ4n) is 3.55. The van der Waals surface area contributed by atoms with E-state index >= 15 is 0 Å². The average molecular weight is 382 g/mol. The van der Waals surface area contributed by atoms with Gasteiger partial charge in [0.1, 0.15) is 0 Å². The Bertz CT molecular complexity index is 978. The number of amides is 1. The summed E-state index contributed by atoms with van der Waals surface area (Å²) in [5, 5.41) is 8.38. The van der Waals surface area contributed by atoms with Crippen LogP contribution in [0.2, 0.25) is 0 Å². The first-order chi connectivity index (χ1) is 13.1. The van der Waals surface area contributed by atoms with Gasteiger partial charge in [-0.1, -0.05) is 42.8 Å². The second-order valence-corrected chi connectivity index (χ2v) is 7.99. The van der Waals surface area contributed by atoms with E-state index in [9.17, 15) is 4.79 Å². The van der Waals surface area contributed by atoms with Crippen molar-refractivity contribution in [3.8, 4) is 0 Å². The van der Waals surface area contributed by atoms with Crippen LogP contribution in [0.25, 0.3) is 5.78 Å². The fraction of sp³-hybridized carbons (Fsp3) is 0.400. The molecule has 3 aromatic rings. The summed E-state index contributed by atoms with van der Waals surface area (Å²) in [7, 11) is 0. The van der Waals surface area contributed by atoms with Crippen molar-refractivity contribution < 1.29 is 4.79 Å². The molecular formula is C20H23N5OS. The molecule has 2 heterocycles. The number of aryl methyl sites for hydroxylation is 2. The van der Waals surface area contributed by atoms with Crippen molar-refractivity contribution in [2.24, 2.45) is 0 Å². The fourth-order valence-corrected chi connectivity index (χ4v) is 4.37. The lowest BCUT2D eigenvalue weighted by atomic mass is 10.1. The minimum absolute atomic E-state index is 0.0224. The third-order valence-corrected chi connectivity index (χ3v) is 5.79. The van der Waals surface area contributed by atoms with Crippen LogP contribution in [0, 0.1) is 13.8 Å². The van der Waals surface area contributed by atoms with Gasteiger partial charge in [-0.3, -0.25) is 4.79 Å². The number of nitrogens with one attached hydrogen (secondary N) is 1. The summed E-state index contributed by atoms with van der Waals surface area (Å²) in [4.78, 5) is 21.6. The van der Waals surface area contributed by atoms with Gasteiger partial charge in [-0.25, -0.2) is 9.50 Å². The van der Waals surface area contributed by atoms with Gasteiger partial charge in [0, 0.05) is 28.7 Å². The SMILES string of the molecule is Cc1cc(C)n2nc(SCc3ccccc3C(=O)NC3CCCC3)nc2n1. The van der Waals surface area contributed by atoms with Gasteiger partial charge < -0.3 is 5.32 Å². The van der Waals surface area contributed by atoms with Crippen LogP contribution in [0.3, 0.4) is 0 Å². The maximum absolute atomic E-state index is 12.7. The van der Waals surface area contributed by atoms with E-state index in [2.05, 4.69) is 20.4 Å². The molecule has 1 fully saturated rings. The zero-order valence-corrected chi connectivity index (χ0v) is 16.4. The molecule has 27 heavy (non-hydrogen) atoms. The van der Waals surface area contributed by atoms with Gasteiger partial charge in [-0.15, -0.1) is 5.10 Å². The number of aromatic nitrogens is 4. The van der Waals surface area contributed by atoms with Gasteiger partial charge in [-0.2, -0.15) is 4.98 Å². The molecular weight excluding hydrogens is 358 g/mol. The predicted molar refractivity (Wildman–Crippen MR) is 106 cm³/mol. The van der Waals surface area contributed by atoms with E-state index < -0.39 is 0 Å². The van der Waals surface area contributed by atoms with Crippen molar-refractivity contribution in [1.29, 1.82) is 0 Å². The number of hydrogen-bond acceptors (Lipinski definition) is 5. The molecule has 140 valence electrons. The lowest BCUT2D eigenvalue weighted by Gasteiger charge is -2.14. The van der Waals surface area contributed by atoms with E-state index in [0.29, 0.717) is 22.7 Å². The van der Waals surface area contributed by atoms with E-state index in [1.165, 1.54) is 24.6 Å². The first kappa shape index (κ1) is 18.0. The van der Waals surface area contributed by atoms with Gasteiger partial charge in [0.2, 0.25) is 5.16 Å². The average Bonchev–Trinajstić information content (AvgIpc) is 3.29. The molecule has 0 radical (unpaired) electrons. The van der Waals surface area contributed by atoms with E-state index in [1.54, 1.807) is 4.52 Å². The Morgan fingerprint density at radius 2 is 2.00 bits per heavy atom. The van der Waals surface area contributed by atoms with Gasteiger partial charge in [0.15, 0.2) is 0 Å². The summed E-state index contributed by atoms with van der Waals surface area (Å²) in [6, 6.07) is 10.1. The van der Waals surface area contributed by atoms with E-state index in [4.69, 9.17) is 0 Å². The summed E-state index contributed by atoms with van der Waals surface area (Å²) in [5.41, 5.74) is 3.68. The molecule has 1 N–H and O–H groups in total. The second-order valence-electron chi connectivity index (χ2n) is 7.05. The van der Waals surface area contributed by atoms with Crippen molar-refractivity contribution in [1.82, 2.24) is 24.9 Å². The highest BCUT2D eigenvalue weighted by Gasteiger charge is 2.19. The Kier molecular flexibility index (Phi) is 5.11.